The number of hydrogen-bond acceptors (Lipinski definition) is 2. The number of fused-ring (bicyclic) bond motifs is 1. The van der Waals surface area contributed by atoms with Crippen molar-refractivity contribution < 1.29 is 4.79 Å². The summed E-state index contributed by atoms with van der Waals surface area (Å²) < 4.78 is 0. The van der Waals surface area contributed by atoms with Gasteiger partial charge in [-0.05, 0) is 49.4 Å². The molecule has 0 aliphatic heterocycles. The first-order valence-corrected chi connectivity index (χ1v) is 8.60. The number of imidazole rings is 1. The first-order valence-electron chi connectivity index (χ1n) is 8.60. The van der Waals surface area contributed by atoms with Gasteiger partial charge in [0, 0.05) is 5.92 Å². The highest BCUT2D eigenvalue weighted by atomic mass is 16.2. The standard InChI is InChI=1S/C20H21N3O2/c1-11-4-3-5-14(8-11)15-10-16(15)19(24)21-12(2)13-6-7-17-18(9-13)23-20(25)22-17/h3-9,12,15-16H,10H2,1-2H3,(H,21,24)(H2,22,23,25)/t12-,15+,16-/m1/s1. The van der Waals surface area contributed by atoms with Gasteiger partial charge in [0.25, 0.3) is 0 Å². The number of aromatic nitrogens is 2. The van der Waals surface area contributed by atoms with E-state index >= 15 is 0 Å². The summed E-state index contributed by atoms with van der Waals surface area (Å²) >= 11 is 0. The number of amides is 1. The van der Waals surface area contributed by atoms with Gasteiger partial charge in [-0.2, -0.15) is 0 Å². The van der Waals surface area contributed by atoms with Crippen molar-refractivity contribution in [1.82, 2.24) is 15.3 Å². The maximum atomic E-state index is 12.6. The number of hydrogen-bond donors (Lipinski definition) is 3. The van der Waals surface area contributed by atoms with Crippen LogP contribution in [0.15, 0.2) is 47.3 Å². The predicted molar refractivity (Wildman–Crippen MR) is 97.5 cm³/mol. The molecular weight excluding hydrogens is 314 g/mol. The van der Waals surface area contributed by atoms with E-state index in [0.717, 1.165) is 23.0 Å². The third-order valence-corrected chi connectivity index (χ3v) is 5.00. The summed E-state index contributed by atoms with van der Waals surface area (Å²) in [6, 6.07) is 14.0. The Morgan fingerprint density at radius 2 is 1.96 bits per heavy atom. The molecule has 3 atom stereocenters. The second-order valence-electron chi connectivity index (χ2n) is 6.98. The summed E-state index contributed by atoms with van der Waals surface area (Å²) in [7, 11) is 0. The van der Waals surface area contributed by atoms with Gasteiger partial charge in [0.2, 0.25) is 5.91 Å². The van der Waals surface area contributed by atoms with Crippen molar-refractivity contribution in [3.63, 3.8) is 0 Å². The molecule has 0 unspecified atom stereocenters. The van der Waals surface area contributed by atoms with Crippen LogP contribution in [-0.4, -0.2) is 15.9 Å². The summed E-state index contributed by atoms with van der Waals surface area (Å²) in [6.45, 7) is 4.04. The SMILES string of the molecule is Cc1cccc([C@@H]2C[C@H]2C(=O)N[C@H](C)c2ccc3[nH]c(=O)[nH]c3c2)c1. The van der Waals surface area contributed by atoms with Gasteiger partial charge in [0.15, 0.2) is 0 Å². The molecular formula is C20H21N3O2. The molecule has 25 heavy (non-hydrogen) atoms. The highest BCUT2D eigenvalue weighted by molar-refractivity contribution is 5.83. The topological polar surface area (TPSA) is 77.8 Å². The number of carbonyl (C=O) groups is 1. The number of rotatable bonds is 4. The monoisotopic (exact) mass is 335 g/mol. The van der Waals surface area contributed by atoms with Gasteiger partial charge < -0.3 is 15.3 Å². The number of carbonyl (C=O) groups excluding carboxylic acids is 1. The van der Waals surface area contributed by atoms with Gasteiger partial charge in [-0.25, -0.2) is 4.79 Å². The summed E-state index contributed by atoms with van der Waals surface area (Å²) in [4.78, 5) is 29.4. The van der Waals surface area contributed by atoms with Gasteiger partial charge in [0.05, 0.1) is 17.1 Å². The van der Waals surface area contributed by atoms with Crippen LogP contribution in [0.4, 0.5) is 0 Å². The smallest absolute Gasteiger partial charge is 0.323 e. The Kier molecular flexibility index (Phi) is 3.71. The minimum Gasteiger partial charge on any atom is -0.349 e. The van der Waals surface area contributed by atoms with Gasteiger partial charge >= 0.3 is 5.69 Å². The summed E-state index contributed by atoms with van der Waals surface area (Å²) in [5.41, 5.74) is 4.76. The number of H-pyrrole nitrogens is 2. The average Bonchev–Trinajstić information content (AvgIpc) is 3.29. The molecule has 4 rings (SSSR count). The zero-order valence-electron chi connectivity index (χ0n) is 14.3. The average molecular weight is 335 g/mol. The molecule has 128 valence electrons. The van der Waals surface area contributed by atoms with Crippen LogP contribution < -0.4 is 11.0 Å². The van der Waals surface area contributed by atoms with E-state index in [0.29, 0.717) is 5.92 Å². The lowest BCUT2D eigenvalue weighted by molar-refractivity contribution is -0.123. The van der Waals surface area contributed by atoms with Crippen LogP contribution in [0, 0.1) is 12.8 Å². The molecule has 0 spiro atoms. The maximum absolute atomic E-state index is 12.6. The molecule has 0 radical (unpaired) electrons. The van der Waals surface area contributed by atoms with E-state index in [4.69, 9.17) is 0 Å². The van der Waals surface area contributed by atoms with Crippen LogP contribution in [0.3, 0.4) is 0 Å². The Morgan fingerprint density at radius 1 is 1.16 bits per heavy atom. The first kappa shape index (κ1) is 15.7. The lowest BCUT2D eigenvalue weighted by Gasteiger charge is -2.14. The quantitative estimate of drug-likeness (QED) is 0.685. The van der Waals surface area contributed by atoms with E-state index in [-0.39, 0.29) is 23.6 Å². The molecule has 3 N–H and O–H groups in total. The summed E-state index contributed by atoms with van der Waals surface area (Å²) in [5.74, 6) is 0.484. The molecule has 1 saturated carbocycles. The molecule has 5 heteroatoms. The Labute approximate surface area is 145 Å². The van der Waals surface area contributed by atoms with E-state index in [1.54, 1.807) is 0 Å². The normalized spacial score (nSPS) is 20.4. The molecule has 0 bridgehead atoms. The van der Waals surface area contributed by atoms with Crippen molar-refractivity contribution in [2.75, 3.05) is 0 Å². The maximum Gasteiger partial charge on any atom is 0.323 e. The fraction of sp³-hybridized carbons (Fsp3) is 0.300. The second kappa shape index (κ2) is 5.92. The third kappa shape index (κ3) is 3.09. The van der Waals surface area contributed by atoms with Gasteiger partial charge in [-0.1, -0.05) is 35.9 Å². The molecule has 2 aromatic carbocycles. The fourth-order valence-electron chi connectivity index (χ4n) is 3.48. The molecule has 5 nitrogen and oxygen atoms in total. The molecule has 1 heterocycles. The lowest BCUT2D eigenvalue weighted by atomic mass is 10.1. The van der Waals surface area contributed by atoms with E-state index in [1.807, 2.05) is 31.2 Å². The van der Waals surface area contributed by atoms with Crippen LogP contribution in [0.5, 0.6) is 0 Å². The van der Waals surface area contributed by atoms with Crippen molar-refractivity contribution >= 4 is 16.9 Å². The van der Waals surface area contributed by atoms with Crippen molar-refractivity contribution in [2.24, 2.45) is 5.92 Å². The predicted octanol–water partition coefficient (Wildman–Crippen LogP) is 3.15. The van der Waals surface area contributed by atoms with Crippen LogP contribution in [0.1, 0.15) is 42.0 Å². The van der Waals surface area contributed by atoms with Crippen molar-refractivity contribution in [3.8, 4) is 0 Å². The van der Waals surface area contributed by atoms with Crippen LogP contribution >= 0.6 is 0 Å². The third-order valence-electron chi connectivity index (χ3n) is 5.00. The van der Waals surface area contributed by atoms with Crippen LogP contribution in [0.2, 0.25) is 0 Å². The van der Waals surface area contributed by atoms with Gasteiger partial charge in [-0.3, -0.25) is 4.79 Å². The van der Waals surface area contributed by atoms with E-state index in [2.05, 4.69) is 40.4 Å². The number of benzene rings is 2. The first-order chi connectivity index (χ1) is 12.0. The highest BCUT2D eigenvalue weighted by Crippen LogP contribution is 2.47. The number of aromatic amines is 2. The Morgan fingerprint density at radius 3 is 2.76 bits per heavy atom. The summed E-state index contributed by atoms with van der Waals surface area (Å²) in [6.07, 6.45) is 0.909. The second-order valence-corrected chi connectivity index (χ2v) is 6.98. The largest absolute Gasteiger partial charge is 0.349 e. The van der Waals surface area contributed by atoms with E-state index in [9.17, 15) is 9.59 Å². The van der Waals surface area contributed by atoms with Gasteiger partial charge in [0.1, 0.15) is 0 Å². The molecule has 1 aromatic heterocycles. The minimum absolute atomic E-state index is 0.0556. The number of aryl methyl sites for hydroxylation is 1. The Hall–Kier alpha value is -2.82. The van der Waals surface area contributed by atoms with Crippen LogP contribution in [0.25, 0.3) is 11.0 Å². The molecule has 0 saturated heterocycles. The van der Waals surface area contributed by atoms with Crippen molar-refractivity contribution in [1.29, 1.82) is 0 Å². The Balaban J connectivity index is 1.44. The summed E-state index contributed by atoms with van der Waals surface area (Å²) in [5, 5.41) is 3.10. The molecule has 1 aliphatic rings. The highest BCUT2D eigenvalue weighted by Gasteiger charge is 2.44. The van der Waals surface area contributed by atoms with E-state index < -0.39 is 0 Å². The fourth-order valence-corrected chi connectivity index (χ4v) is 3.48. The van der Waals surface area contributed by atoms with Crippen molar-refractivity contribution in [3.05, 3.63) is 69.6 Å². The lowest BCUT2D eigenvalue weighted by Crippen LogP contribution is -2.28. The molecule has 3 aromatic rings. The molecule has 1 fully saturated rings. The van der Waals surface area contributed by atoms with Crippen molar-refractivity contribution in [2.45, 2.75) is 32.2 Å². The zero-order chi connectivity index (χ0) is 17.6. The minimum atomic E-state index is -0.220. The van der Waals surface area contributed by atoms with Gasteiger partial charge in [-0.15, -0.1) is 0 Å². The molecule has 1 amide bonds. The molecule has 1 aliphatic carbocycles. The zero-order valence-corrected chi connectivity index (χ0v) is 14.3. The number of nitrogens with one attached hydrogen (secondary N) is 3. The van der Waals surface area contributed by atoms with Crippen LogP contribution in [-0.2, 0) is 4.79 Å². The van der Waals surface area contributed by atoms with E-state index in [1.165, 1.54) is 11.1 Å². The Bertz CT molecular complexity index is 1000.